The fraction of sp³-hybridized carbons (Fsp3) is 0.188. The lowest BCUT2D eigenvalue weighted by molar-refractivity contribution is 0.0117. The molecule has 3 aromatic heterocycles. The van der Waals surface area contributed by atoms with Crippen LogP contribution in [0.2, 0.25) is 0 Å². The Morgan fingerprint density at radius 1 is 1.27 bits per heavy atom. The number of halogens is 2. The highest BCUT2D eigenvalue weighted by Gasteiger charge is 2.35. The molecule has 0 aliphatic heterocycles. The largest absolute Gasteiger partial charge is 0.339 e. The summed E-state index contributed by atoms with van der Waals surface area (Å²) < 4.78 is 27.5. The SMILES string of the molecule is Cc1nn(C(=O)C(C)(F)F)c2ccc(Nc3[nH]nc4nccnc34)cc12. The molecule has 0 radical (unpaired) electrons. The smallest absolute Gasteiger partial charge is 0.324 e. The van der Waals surface area contributed by atoms with Gasteiger partial charge in [0.05, 0.1) is 11.2 Å². The Labute approximate surface area is 145 Å². The average Bonchev–Trinajstić information content (AvgIpc) is 3.15. The molecule has 4 rings (SSSR count). The Hall–Kier alpha value is -3.43. The molecule has 0 aliphatic rings. The number of anilines is 2. The summed E-state index contributed by atoms with van der Waals surface area (Å²) in [7, 11) is 0. The number of benzene rings is 1. The quantitative estimate of drug-likeness (QED) is 0.584. The van der Waals surface area contributed by atoms with Crippen molar-refractivity contribution in [1.29, 1.82) is 0 Å². The van der Waals surface area contributed by atoms with Gasteiger partial charge in [-0.2, -0.15) is 23.7 Å². The summed E-state index contributed by atoms with van der Waals surface area (Å²) in [6.45, 7) is 2.21. The van der Waals surface area contributed by atoms with Gasteiger partial charge in [-0.1, -0.05) is 0 Å². The summed E-state index contributed by atoms with van der Waals surface area (Å²) in [4.78, 5) is 20.2. The number of aromatic amines is 1. The maximum Gasteiger partial charge on any atom is 0.324 e. The predicted octanol–water partition coefficient (Wildman–Crippen LogP) is 3.05. The standard InChI is InChI=1S/C16H13F2N7O/c1-8-10-7-9(21-14-12-13(22-23-14)20-6-5-19-12)3-4-11(10)25(24-8)15(26)16(2,17)18/h3-7H,1-2H3,(H2,20,21,22,23). The third-order valence-electron chi connectivity index (χ3n) is 3.89. The molecule has 0 saturated heterocycles. The van der Waals surface area contributed by atoms with Crippen molar-refractivity contribution in [2.24, 2.45) is 0 Å². The number of hydrogen-bond acceptors (Lipinski definition) is 6. The summed E-state index contributed by atoms with van der Waals surface area (Å²) in [5, 5.41) is 14.5. The van der Waals surface area contributed by atoms with E-state index in [0.717, 1.165) is 4.68 Å². The fourth-order valence-corrected chi connectivity index (χ4v) is 2.67. The van der Waals surface area contributed by atoms with Gasteiger partial charge in [0.2, 0.25) is 5.65 Å². The molecule has 0 bridgehead atoms. The van der Waals surface area contributed by atoms with Crippen LogP contribution < -0.4 is 5.32 Å². The Bertz CT molecular complexity index is 1140. The monoisotopic (exact) mass is 357 g/mol. The summed E-state index contributed by atoms with van der Waals surface area (Å²) in [6, 6.07) is 4.94. The van der Waals surface area contributed by atoms with E-state index in [9.17, 15) is 13.6 Å². The fourth-order valence-electron chi connectivity index (χ4n) is 2.67. The second-order valence-electron chi connectivity index (χ2n) is 5.87. The van der Waals surface area contributed by atoms with Crippen molar-refractivity contribution in [3.05, 3.63) is 36.3 Å². The number of nitrogens with one attached hydrogen (secondary N) is 2. The molecule has 0 atom stereocenters. The van der Waals surface area contributed by atoms with E-state index in [-0.39, 0.29) is 0 Å². The topological polar surface area (TPSA) is 101 Å². The number of nitrogens with zero attached hydrogens (tertiary/aromatic N) is 5. The van der Waals surface area contributed by atoms with Gasteiger partial charge in [0.25, 0.3) is 0 Å². The minimum Gasteiger partial charge on any atom is -0.339 e. The van der Waals surface area contributed by atoms with Crippen molar-refractivity contribution in [3.63, 3.8) is 0 Å². The number of fused-ring (bicyclic) bond motifs is 2. The van der Waals surface area contributed by atoms with E-state index in [2.05, 4.69) is 30.6 Å². The highest BCUT2D eigenvalue weighted by molar-refractivity contribution is 5.97. The van der Waals surface area contributed by atoms with Crippen LogP contribution in [0.1, 0.15) is 17.4 Å². The number of alkyl halides is 2. The van der Waals surface area contributed by atoms with Crippen LogP contribution in [0.3, 0.4) is 0 Å². The van der Waals surface area contributed by atoms with Crippen molar-refractivity contribution in [1.82, 2.24) is 29.9 Å². The molecule has 0 unspecified atom stereocenters. The van der Waals surface area contributed by atoms with Gasteiger partial charge in [-0.25, -0.2) is 9.97 Å². The molecular formula is C16H13F2N7O. The van der Waals surface area contributed by atoms with Crippen molar-refractivity contribution >= 4 is 39.5 Å². The number of rotatable bonds is 3. The van der Waals surface area contributed by atoms with Gasteiger partial charge in [0.1, 0.15) is 0 Å². The zero-order chi connectivity index (χ0) is 18.5. The van der Waals surface area contributed by atoms with E-state index in [4.69, 9.17) is 0 Å². The second kappa shape index (κ2) is 5.55. The molecule has 1 aromatic carbocycles. The van der Waals surface area contributed by atoms with Crippen LogP contribution in [0, 0.1) is 6.92 Å². The Kier molecular flexibility index (Phi) is 3.43. The van der Waals surface area contributed by atoms with Crippen molar-refractivity contribution in [2.75, 3.05) is 5.32 Å². The van der Waals surface area contributed by atoms with Crippen LogP contribution >= 0.6 is 0 Å². The summed E-state index contributed by atoms with van der Waals surface area (Å²) >= 11 is 0. The summed E-state index contributed by atoms with van der Waals surface area (Å²) in [5.74, 6) is -4.32. The second-order valence-corrected chi connectivity index (χ2v) is 5.87. The van der Waals surface area contributed by atoms with Gasteiger partial charge >= 0.3 is 11.8 Å². The lowest BCUT2D eigenvalue weighted by Gasteiger charge is -2.09. The molecule has 26 heavy (non-hydrogen) atoms. The van der Waals surface area contributed by atoms with Crippen LogP contribution in [0.25, 0.3) is 22.1 Å². The number of hydrogen-bond donors (Lipinski definition) is 2. The van der Waals surface area contributed by atoms with E-state index in [1.54, 1.807) is 31.3 Å². The van der Waals surface area contributed by atoms with E-state index in [1.807, 2.05) is 0 Å². The molecule has 4 aromatic rings. The maximum absolute atomic E-state index is 13.4. The molecule has 0 spiro atoms. The van der Waals surface area contributed by atoms with Crippen LogP contribution in [0.5, 0.6) is 0 Å². The van der Waals surface area contributed by atoms with Gasteiger partial charge in [0, 0.05) is 30.4 Å². The van der Waals surface area contributed by atoms with Crippen LogP contribution in [-0.4, -0.2) is 41.8 Å². The molecular weight excluding hydrogens is 344 g/mol. The van der Waals surface area contributed by atoms with Gasteiger partial charge in [0.15, 0.2) is 11.3 Å². The normalized spacial score (nSPS) is 12.0. The first kappa shape index (κ1) is 16.1. The number of carbonyl (C=O) groups is 1. The highest BCUT2D eigenvalue weighted by Crippen LogP contribution is 2.27. The molecule has 132 valence electrons. The molecule has 0 amide bonds. The van der Waals surface area contributed by atoms with E-state index >= 15 is 0 Å². The Morgan fingerprint density at radius 2 is 2.04 bits per heavy atom. The van der Waals surface area contributed by atoms with Crippen LogP contribution in [0.15, 0.2) is 30.6 Å². The average molecular weight is 357 g/mol. The highest BCUT2D eigenvalue weighted by atomic mass is 19.3. The van der Waals surface area contributed by atoms with E-state index in [1.165, 1.54) is 6.20 Å². The van der Waals surface area contributed by atoms with Crippen LogP contribution in [0.4, 0.5) is 20.3 Å². The molecule has 2 N–H and O–H groups in total. The third-order valence-corrected chi connectivity index (χ3v) is 3.89. The summed E-state index contributed by atoms with van der Waals surface area (Å²) in [5.41, 5.74) is 2.48. The maximum atomic E-state index is 13.4. The van der Waals surface area contributed by atoms with Gasteiger partial charge in [-0.3, -0.25) is 9.89 Å². The van der Waals surface area contributed by atoms with Crippen molar-refractivity contribution in [2.45, 2.75) is 19.8 Å². The minimum absolute atomic E-state index is 0.314. The zero-order valence-electron chi connectivity index (χ0n) is 13.8. The first-order valence-electron chi connectivity index (χ1n) is 7.69. The zero-order valence-corrected chi connectivity index (χ0v) is 13.8. The predicted molar refractivity (Wildman–Crippen MR) is 90.7 cm³/mol. The molecule has 0 fully saturated rings. The van der Waals surface area contributed by atoms with Gasteiger partial charge in [-0.05, 0) is 25.1 Å². The molecule has 3 heterocycles. The lowest BCUT2D eigenvalue weighted by Crippen LogP contribution is -2.31. The Balaban J connectivity index is 1.75. The van der Waals surface area contributed by atoms with Gasteiger partial charge < -0.3 is 5.32 Å². The molecule has 10 heteroatoms. The minimum atomic E-state index is -3.50. The first-order valence-corrected chi connectivity index (χ1v) is 7.69. The van der Waals surface area contributed by atoms with Gasteiger partial charge in [-0.15, -0.1) is 0 Å². The molecule has 8 nitrogen and oxygen atoms in total. The number of H-pyrrole nitrogens is 1. The third kappa shape index (κ3) is 2.55. The number of aromatic nitrogens is 6. The first-order chi connectivity index (χ1) is 12.3. The van der Waals surface area contributed by atoms with Crippen molar-refractivity contribution < 1.29 is 13.6 Å². The molecule has 0 aliphatic carbocycles. The van der Waals surface area contributed by atoms with E-state index in [0.29, 0.717) is 46.2 Å². The molecule has 0 saturated carbocycles. The van der Waals surface area contributed by atoms with Crippen LogP contribution in [-0.2, 0) is 0 Å². The number of aryl methyl sites for hydroxylation is 1. The lowest BCUT2D eigenvalue weighted by atomic mass is 10.2. The van der Waals surface area contributed by atoms with Crippen molar-refractivity contribution in [3.8, 4) is 0 Å². The number of carbonyl (C=O) groups excluding carboxylic acids is 1. The summed E-state index contributed by atoms with van der Waals surface area (Å²) in [6.07, 6.45) is 3.09. The Morgan fingerprint density at radius 3 is 2.81 bits per heavy atom. The van der Waals surface area contributed by atoms with E-state index < -0.39 is 11.8 Å².